The number of phosphoric ester groups is 1. The van der Waals surface area contributed by atoms with E-state index < -0.39 is 13.4 Å². The molecule has 1 saturated carbocycles. The summed E-state index contributed by atoms with van der Waals surface area (Å²) < 4.78 is 26.9. The minimum absolute atomic E-state index is 0.116. The first-order valence-corrected chi connectivity index (χ1v) is 12.6. The molecule has 0 aromatic heterocycles. The average Bonchev–Trinajstić information content (AvgIpc) is 3.18. The minimum atomic E-state index is -4.50. The molecule has 4 rings (SSSR count). The Labute approximate surface area is 189 Å². The first-order valence-electron chi connectivity index (χ1n) is 11.1. The topological polar surface area (TPSA) is 111 Å². The molecule has 32 heavy (non-hydrogen) atoms. The molecule has 0 spiro atoms. The smallest absolute Gasteiger partial charge is 0.469 e. The molecule has 2 aliphatic carbocycles. The van der Waals surface area contributed by atoms with E-state index in [2.05, 4.69) is 18.2 Å². The van der Waals surface area contributed by atoms with Crippen LogP contribution in [-0.4, -0.2) is 35.6 Å². The first kappa shape index (κ1) is 23.3. The molecule has 7 nitrogen and oxygen atoms in total. The van der Waals surface area contributed by atoms with Crippen molar-refractivity contribution in [2.45, 2.75) is 50.0 Å². The Morgan fingerprint density at radius 1 is 1.09 bits per heavy atom. The Bertz CT molecular complexity index is 975. The number of aryl methyl sites for hydroxylation is 1. The molecule has 2 aromatic carbocycles. The molecule has 0 unspecified atom stereocenters. The second kappa shape index (κ2) is 9.54. The highest BCUT2D eigenvalue weighted by Gasteiger charge is 2.38. The Kier molecular flexibility index (Phi) is 6.94. The molecular weight excluding hydrogens is 429 g/mol. The Morgan fingerprint density at radius 2 is 1.84 bits per heavy atom. The van der Waals surface area contributed by atoms with Crippen LogP contribution in [0.15, 0.2) is 42.5 Å². The minimum Gasteiger partial charge on any atom is -0.497 e. The van der Waals surface area contributed by atoms with Crippen molar-refractivity contribution < 1.29 is 28.3 Å². The summed E-state index contributed by atoms with van der Waals surface area (Å²) in [6.07, 6.45) is 5.39. The lowest BCUT2D eigenvalue weighted by Crippen LogP contribution is -2.41. The van der Waals surface area contributed by atoms with Gasteiger partial charge in [-0.15, -0.1) is 0 Å². The van der Waals surface area contributed by atoms with Gasteiger partial charge in [-0.25, -0.2) is 4.57 Å². The molecule has 0 bridgehead atoms. The summed E-state index contributed by atoms with van der Waals surface area (Å²) in [7, 11) is -2.85. The third-order valence-corrected chi connectivity index (χ3v) is 7.21. The molecule has 1 fully saturated rings. The van der Waals surface area contributed by atoms with Crippen molar-refractivity contribution in [1.29, 1.82) is 0 Å². The van der Waals surface area contributed by atoms with Gasteiger partial charge >= 0.3 is 7.82 Å². The number of fused-ring (bicyclic) bond motifs is 1. The molecule has 0 saturated heterocycles. The third kappa shape index (κ3) is 5.91. The molecule has 0 radical (unpaired) electrons. The fourth-order valence-corrected chi connectivity index (χ4v) is 5.34. The highest BCUT2D eigenvalue weighted by molar-refractivity contribution is 7.46. The lowest BCUT2D eigenvalue weighted by Gasteiger charge is -2.27. The molecular formula is C24H32NO6P. The molecule has 3 atom stereocenters. The third-order valence-electron chi connectivity index (χ3n) is 6.74. The number of hydrogen-bond donors (Lipinski definition) is 3. The summed E-state index contributed by atoms with van der Waals surface area (Å²) in [4.78, 5) is 17.9. The highest BCUT2D eigenvalue weighted by Crippen LogP contribution is 2.44. The molecule has 2 aliphatic rings. The van der Waals surface area contributed by atoms with Gasteiger partial charge in [0.1, 0.15) is 11.5 Å². The van der Waals surface area contributed by atoms with E-state index in [0.29, 0.717) is 31.3 Å². The maximum Gasteiger partial charge on any atom is 0.469 e. The van der Waals surface area contributed by atoms with E-state index in [1.807, 2.05) is 24.3 Å². The van der Waals surface area contributed by atoms with Crippen LogP contribution < -0.4 is 15.2 Å². The van der Waals surface area contributed by atoms with Gasteiger partial charge in [-0.3, -0.25) is 4.52 Å². The number of ether oxygens (including phenoxy) is 2. The molecule has 174 valence electrons. The zero-order valence-corrected chi connectivity index (χ0v) is 19.3. The molecule has 2 aromatic rings. The van der Waals surface area contributed by atoms with Crippen molar-refractivity contribution in [3.8, 4) is 11.5 Å². The quantitative estimate of drug-likeness (QED) is 0.511. The molecule has 0 aliphatic heterocycles. The summed E-state index contributed by atoms with van der Waals surface area (Å²) in [5.74, 6) is 2.47. The lowest BCUT2D eigenvalue weighted by molar-refractivity contribution is 0.153. The summed E-state index contributed by atoms with van der Waals surface area (Å²) >= 11 is 0. The van der Waals surface area contributed by atoms with Gasteiger partial charge < -0.3 is 25.0 Å². The van der Waals surface area contributed by atoms with Crippen molar-refractivity contribution >= 4 is 7.82 Å². The van der Waals surface area contributed by atoms with Crippen LogP contribution in [0, 0.1) is 5.92 Å². The van der Waals surface area contributed by atoms with Crippen molar-refractivity contribution in [3.63, 3.8) is 0 Å². The van der Waals surface area contributed by atoms with Crippen LogP contribution in [0.25, 0.3) is 0 Å². The lowest BCUT2D eigenvalue weighted by atomic mass is 9.82. The van der Waals surface area contributed by atoms with Gasteiger partial charge in [0.15, 0.2) is 0 Å². The fourth-order valence-electron chi connectivity index (χ4n) is 4.92. The number of nitrogens with two attached hydrogens (primary N) is 1. The van der Waals surface area contributed by atoms with Gasteiger partial charge in [0.25, 0.3) is 0 Å². The number of hydrogen-bond acceptors (Lipinski definition) is 5. The van der Waals surface area contributed by atoms with E-state index in [1.165, 1.54) is 16.7 Å². The van der Waals surface area contributed by atoms with E-state index in [1.54, 1.807) is 7.11 Å². The van der Waals surface area contributed by atoms with Crippen LogP contribution in [-0.2, 0) is 21.9 Å². The Balaban J connectivity index is 1.32. The number of rotatable bonds is 8. The van der Waals surface area contributed by atoms with Crippen molar-refractivity contribution in [2.75, 3.05) is 20.3 Å². The zero-order valence-electron chi connectivity index (χ0n) is 18.4. The second-order valence-electron chi connectivity index (χ2n) is 9.19. The molecule has 0 amide bonds. The first-order chi connectivity index (χ1) is 15.2. The summed E-state index contributed by atoms with van der Waals surface area (Å²) in [6.45, 7) is 0.583. The number of methoxy groups -OCH3 is 1. The number of phosphoric acid groups is 1. The van der Waals surface area contributed by atoms with Gasteiger partial charge in [-0.05, 0) is 91.3 Å². The van der Waals surface area contributed by atoms with Crippen LogP contribution in [0.4, 0.5) is 0 Å². The zero-order chi connectivity index (χ0) is 22.8. The van der Waals surface area contributed by atoms with E-state index in [4.69, 9.17) is 29.5 Å². The standard InChI is InChI=1S/C24H32NO6P/c1-29-22-6-8-23(9-7-22)30-15-17-2-3-19-13-20(5-4-18(19)12-17)21-10-11-24(25,14-21)16-31-32(26,27)28/h4-9,13,17,21H,2-3,10-12,14-16,25H2,1H3,(H2,26,27,28)/t17-,21+,24-/m1/s1. The van der Waals surface area contributed by atoms with Gasteiger partial charge in [-0.2, -0.15) is 0 Å². The van der Waals surface area contributed by atoms with Gasteiger partial charge in [0.2, 0.25) is 0 Å². The molecule has 8 heteroatoms. The van der Waals surface area contributed by atoms with E-state index in [9.17, 15) is 4.57 Å². The van der Waals surface area contributed by atoms with Crippen LogP contribution >= 0.6 is 7.82 Å². The maximum atomic E-state index is 11.0. The Hall–Kier alpha value is -1.89. The summed E-state index contributed by atoms with van der Waals surface area (Å²) in [5, 5.41) is 0. The summed E-state index contributed by atoms with van der Waals surface area (Å²) in [6, 6.07) is 14.4. The SMILES string of the molecule is COc1ccc(OC[C@@H]2CCc3cc([C@H]4CC[C@](N)(COP(=O)(O)O)C4)ccc3C2)cc1. The summed E-state index contributed by atoms with van der Waals surface area (Å²) in [5.41, 5.74) is 9.71. The van der Waals surface area contributed by atoms with Crippen molar-refractivity contribution in [1.82, 2.24) is 0 Å². The fraction of sp³-hybridized carbons (Fsp3) is 0.500. The second-order valence-corrected chi connectivity index (χ2v) is 10.4. The van der Waals surface area contributed by atoms with E-state index in [-0.39, 0.29) is 6.61 Å². The Morgan fingerprint density at radius 3 is 2.56 bits per heavy atom. The number of benzene rings is 2. The molecule has 4 N–H and O–H groups in total. The van der Waals surface area contributed by atoms with Crippen molar-refractivity contribution in [2.24, 2.45) is 11.7 Å². The van der Waals surface area contributed by atoms with Crippen LogP contribution in [0.2, 0.25) is 0 Å². The molecule has 0 heterocycles. The predicted molar refractivity (Wildman–Crippen MR) is 122 cm³/mol. The van der Waals surface area contributed by atoms with Gasteiger partial charge in [0.05, 0.1) is 20.3 Å². The average molecular weight is 461 g/mol. The van der Waals surface area contributed by atoms with Crippen molar-refractivity contribution in [3.05, 3.63) is 59.2 Å². The van der Waals surface area contributed by atoms with Crippen LogP contribution in [0.5, 0.6) is 11.5 Å². The van der Waals surface area contributed by atoms with Crippen LogP contribution in [0.3, 0.4) is 0 Å². The normalized spacial score (nSPS) is 25.4. The van der Waals surface area contributed by atoms with Gasteiger partial charge in [0, 0.05) is 5.54 Å². The highest BCUT2D eigenvalue weighted by atomic mass is 31.2. The largest absolute Gasteiger partial charge is 0.497 e. The van der Waals surface area contributed by atoms with E-state index >= 15 is 0 Å². The van der Waals surface area contributed by atoms with Gasteiger partial charge in [-0.1, -0.05) is 18.2 Å². The van der Waals surface area contributed by atoms with Crippen LogP contribution in [0.1, 0.15) is 48.3 Å². The monoisotopic (exact) mass is 461 g/mol. The predicted octanol–water partition coefficient (Wildman–Crippen LogP) is 3.95. The van der Waals surface area contributed by atoms with E-state index in [0.717, 1.165) is 37.2 Å². The maximum absolute atomic E-state index is 11.0.